The van der Waals surface area contributed by atoms with Crippen molar-refractivity contribution >= 4 is 32.8 Å². The van der Waals surface area contributed by atoms with E-state index in [9.17, 15) is 4.79 Å². The Morgan fingerprint density at radius 1 is 1.60 bits per heavy atom. The zero-order chi connectivity index (χ0) is 11.0. The quantitative estimate of drug-likeness (QED) is 0.911. The van der Waals surface area contributed by atoms with E-state index in [0.29, 0.717) is 17.4 Å². The van der Waals surface area contributed by atoms with E-state index in [1.165, 1.54) is 4.68 Å². The molecule has 0 bridgehead atoms. The van der Waals surface area contributed by atoms with Gasteiger partial charge in [-0.3, -0.25) is 4.68 Å². The summed E-state index contributed by atoms with van der Waals surface area (Å²) in [5, 5.41) is 14.0. The van der Waals surface area contributed by atoms with Crippen LogP contribution in [0.25, 0.3) is 10.9 Å². The number of carboxylic acids is 1. The van der Waals surface area contributed by atoms with E-state index >= 15 is 0 Å². The molecule has 2 rings (SSSR count). The second-order valence-corrected chi connectivity index (χ2v) is 4.05. The Kier molecular flexibility index (Phi) is 2.48. The lowest BCUT2D eigenvalue weighted by molar-refractivity contribution is 0.0685. The van der Waals surface area contributed by atoms with Crippen molar-refractivity contribution in [3.63, 3.8) is 0 Å². The molecule has 0 amide bonds. The van der Waals surface area contributed by atoms with E-state index in [1.54, 1.807) is 6.07 Å². The molecule has 4 nitrogen and oxygen atoms in total. The van der Waals surface area contributed by atoms with E-state index in [2.05, 4.69) is 21.0 Å². The molecule has 0 saturated carbocycles. The summed E-state index contributed by atoms with van der Waals surface area (Å²) in [7, 11) is 0. The summed E-state index contributed by atoms with van der Waals surface area (Å²) >= 11 is 3.33. The van der Waals surface area contributed by atoms with Gasteiger partial charge in [0.1, 0.15) is 0 Å². The van der Waals surface area contributed by atoms with Gasteiger partial charge in [-0.15, -0.1) is 0 Å². The molecular formula is C10H9BrN2O2. The number of rotatable bonds is 2. The number of benzene rings is 1. The highest BCUT2D eigenvalue weighted by atomic mass is 79.9. The lowest BCUT2D eigenvalue weighted by Gasteiger charge is -1.98. The lowest BCUT2D eigenvalue weighted by atomic mass is 10.2. The van der Waals surface area contributed by atoms with Gasteiger partial charge in [0.2, 0.25) is 0 Å². The molecule has 0 spiro atoms. The summed E-state index contributed by atoms with van der Waals surface area (Å²) in [5.41, 5.74) is 0.948. The minimum absolute atomic E-state index is 0.250. The molecule has 2 aromatic rings. The number of aromatic nitrogens is 2. The Morgan fingerprint density at radius 2 is 2.33 bits per heavy atom. The van der Waals surface area contributed by atoms with Crippen LogP contribution < -0.4 is 0 Å². The van der Waals surface area contributed by atoms with Crippen LogP contribution in [0.2, 0.25) is 0 Å². The fraction of sp³-hybridized carbons (Fsp3) is 0.200. The van der Waals surface area contributed by atoms with Crippen molar-refractivity contribution in [1.82, 2.24) is 9.78 Å². The average Bonchev–Trinajstić information content (AvgIpc) is 2.54. The SMILES string of the molecule is CCn1nc2cc(Br)ccc2c1C(=O)O. The third-order valence-electron chi connectivity index (χ3n) is 2.20. The van der Waals surface area contributed by atoms with Crippen LogP contribution in [-0.4, -0.2) is 20.9 Å². The maximum atomic E-state index is 11.1. The molecule has 0 saturated heterocycles. The number of carbonyl (C=O) groups is 1. The molecule has 0 atom stereocenters. The average molecular weight is 269 g/mol. The summed E-state index contributed by atoms with van der Waals surface area (Å²) in [6.45, 7) is 2.42. The lowest BCUT2D eigenvalue weighted by Crippen LogP contribution is -2.08. The summed E-state index contributed by atoms with van der Waals surface area (Å²) in [6, 6.07) is 5.40. The molecule has 1 aromatic carbocycles. The third-order valence-corrected chi connectivity index (χ3v) is 2.70. The molecule has 15 heavy (non-hydrogen) atoms. The van der Waals surface area contributed by atoms with Gasteiger partial charge in [0.25, 0.3) is 0 Å². The Labute approximate surface area is 94.6 Å². The van der Waals surface area contributed by atoms with E-state index < -0.39 is 5.97 Å². The van der Waals surface area contributed by atoms with E-state index in [-0.39, 0.29) is 5.69 Å². The first-order valence-corrected chi connectivity index (χ1v) is 5.32. The minimum Gasteiger partial charge on any atom is -0.477 e. The number of aromatic carboxylic acids is 1. The number of hydrogen-bond donors (Lipinski definition) is 1. The number of halogens is 1. The molecule has 0 aliphatic carbocycles. The highest BCUT2D eigenvalue weighted by Crippen LogP contribution is 2.22. The van der Waals surface area contributed by atoms with E-state index in [4.69, 9.17) is 5.11 Å². The monoisotopic (exact) mass is 268 g/mol. The smallest absolute Gasteiger partial charge is 0.354 e. The van der Waals surface area contributed by atoms with Crippen LogP contribution in [0.4, 0.5) is 0 Å². The summed E-state index contributed by atoms with van der Waals surface area (Å²) in [4.78, 5) is 11.1. The maximum Gasteiger partial charge on any atom is 0.354 e. The highest BCUT2D eigenvalue weighted by Gasteiger charge is 2.16. The van der Waals surface area contributed by atoms with Gasteiger partial charge < -0.3 is 5.11 Å². The normalized spacial score (nSPS) is 10.8. The van der Waals surface area contributed by atoms with Crippen LogP contribution in [-0.2, 0) is 6.54 Å². The molecule has 0 unspecified atom stereocenters. The van der Waals surface area contributed by atoms with Crippen LogP contribution in [0.1, 0.15) is 17.4 Å². The van der Waals surface area contributed by atoms with E-state index in [0.717, 1.165) is 4.47 Å². The first-order valence-electron chi connectivity index (χ1n) is 4.53. The standard InChI is InChI=1S/C10H9BrN2O2/c1-2-13-9(10(14)15)7-4-3-6(11)5-8(7)12-13/h3-5H,2H2,1H3,(H,14,15). The minimum atomic E-state index is -0.943. The zero-order valence-corrected chi connectivity index (χ0v) is 9.65. The summed E-state index contributed by atoms with van der Waals surface area (Å²) in [5.74, 6) is -0.943. The van der Waals surface area contributed by atoms with Crippen molar-refractivity contribution in [3.8, 4) is 0 Å². The first-order chi connectivity index (χ1) is 7.13. The predicted molar refractivity (Wildman–Crippen MR) is 60.1 cm³/mol. The topological polar surface area (TPSA) is 55.1 Å². The van der Waals surface area contributed by atoms with Crippen molar-refractivity contribution in [2.45, 2.75) is 13.5 Å². The Balaban J connectivity index is 2.80. The second kappa shape index (κ2) is 3.66. The second-order valence-electron chi connectivity index (χ2n) is 3.13. The van der Waals surface area contributed by atoms with E-state index in [1.807, 2.05) is 19.1 Å². The van der Waals surface area contributed by atoms with Gasteiger partial charge in [-0.2, -0.15) is 5.10 Å². The van der Waals surface area contributed by atoms with Crippen LogP contribution in [0.3, 0.4) is 0 Å². The Morgan fingerprint density at radius 3 is 2.93 bits per heavy atom. The molecule has 0 radical (unpaired) electrons. The maximum absolute atomic E-state index is 11.1. The van der Waals surface area contributed by atoms with Crippen molar-refractivity contribution in [2.24, 2.45) is 0 Å². The summed E-state index contributed by atoms with van der Waals surface area (Å²) in [6.07, 6.45) is 0. The van der Waals surface area contributed by atoms with Gasteiger partial charge in [-0.05, 0) is 25.1 Å². The van der Waals surface area contributed by atoms with Crippen LogP contribution in [0.15, 0.2) is 22.7 Å². The van der Waals surface area contributed by atoms with Gasteiger partial charge in [0, 0.05) is 16.4 Å². The first kappa shape index (κ1) is 10.2. The highest BCUT2D eigenvalue weighted by molar-refractivity contribution is 9.10. The fourth-order valence-electron chi connectivity index (χ4n) is 1.56. The van der Waals surface area contributed by atoms with Gasteiger partial charge in [0.15, 0.2) is 5.69 Å². The Hall–Kier alpha value is -1.36. The number of carboxylic acid groups (broad SMARTS) is 1. The fourth-order valence-corrected chi connectivity index (χ4v) is 1.91. The molecule has 1 heterocycles. The van der Waals surface area contributed by atoms with Crippen LogP contribution in [0, 0.1) is 0 Å². The molecule has 78 valence electrons. The zero-order valence-electron chi connectivity index (χ0n) is 8.07. The van der Waals surface area contributed by atoms with Gasteiger partial charge in [0.05, 0.1) is 5.52 Å². The Bertz CT molecular complexity index is 533. The van der Waals surface area contributed by atoms with Crippen molar-refractivity contribution < 1.29 is 9.90 Å². The van der Waals surface area contributed by atoms with Crippen LogP contribution in [0.5, 0.6) is 0 Å². The van der Waals surface area contributed by atoms with Crippen molar-refractivity contribution in [2.75, 3.05) is 0 Å². The molecule has 1 N–H and O–H groups in total. The van der Waals surface area contributed by atoms with Crippen molar-refractivity contribution in [1.29, 1.82) is 0 Å². The third kappa shape index (κ3) is 1.63. The molecule has 1 aromatic heterocycles. The van der Waals surface area contributed by atoms with Crippen LogP contribution >= 0.6 is 15.9 Å². The molecule has 5 heteroatoms. The number of aryl methyl sites for hydroxylation is 1. The molecule has 0 aliphatic rings. The number of fused-ring (bicyclic) bond motifs is 1. The van der Waals surface area contributed by atoms with Gasteiger partial charge in [-0.25, -0.2) is 4.79 Å². The number of hydrogen-bond acceptors (Lipinski definition) is 2. The molecular weight excluding hydrogens is 260 g/mol. The predicted octanol–water partition coefficient (Wildman–Crippen LogP) is 2.52. The largest absolute Gasteiger partial charge is 0.477 e. The molecule has 0 fully saturated rings. The van der Waals surface area contributed by atoms with Crippen molar-refractivity contribution in [3.05, 3.63) is 28.4 Å². The number of nitrogens with zero attached hydrogens (tertiary/aromatic N) is 2. The van der Waals surface area contributed by atoms with Gasteiger partial charge in [-0.1, -0.05) is 15.9 Å². The van der Waals surface area contributed by atoms with Gasteiger partial charge >= 0.3 is 5.97 Å². The molecule has 0 aliphatic heterocycles. The summed E-state index contributed by atoms with van der Waals surface area (Å²) < 4.78 is 2.40.